The minimum atomic E-state index is -3.51. The summed E-state index contributed by atoms with van der Waals surface area (Å²) in [6.07, 6.45) is 5.23. The first-order valence-corrected chi connectivity index (χ1v) is 9.42. The van der Waals surface area contributed by atoms with Gasteiger partial charge in [-0.3, -0.25) is 9.40 Å². The molecule has 0 bridgehead atoms. The molecule has 0 fully saturated rings. The van der Waals surface area contributed by atoms with Crippen LogP contribution in [0.15, 0.2) is 42.9 Å². The van der Waals surface area contributed by atoms with Crippen LogP contribution in [-0.4, -0.2) is 34.0 Å². The van der Waals surface area contributed by atoms with Crippen LogP contribution in [0.4, 0.5) is 17.3 Å². The second-order valence-corrected chi connectivity index (χ2v) is 7.48. The van der Waals surface area contributed by atoms with Crippen molar-refractivity contribution >= 4 is 27.3 Å². The Morgan fingerprint density at radius 3 is 2.50 bits per heavy atom. The minimum absolute atomic E-state index is 0.444. The van der Waals surface area contributed by atoms with Gasteiger partial charge in [0.25, 0.3) is 0 Å². The van der Waals surface area contributed by atoms with Crippen molar-refractivity contribution in [1.82, 2.24) is 19.7 Å². The summed E-state index contributed by atoms with van der Waals surface area (Å²) in [5.41, 5.74) is 8.92. The van der Waals surface area contributed by atoms with E-state index < -0.39 is 15.9 Å². The average Bonchev–Trinajstić information content (AvgIpc) is 3.02. The molecular formula is C16H19N7O2S. The Bertz CT molecular complexity index is 1010. The Morgan fingerprint density at radius 1 is 1.15 bits per heavy atom. The van der Waals surface area contributed by atoms with Crippen molar-refractivity contribution in [2.24, 2.45) is 12.8 Å². The van der Waals surface area contributed by atoms with E-state index in [0.29, 0.717) is 11.6 Å². The zero-order valence-corrected chi connectivity index (χ0v) is 15.2. The molecule has 0 spiro atoms. The van der Waals surface area contributed by atoms with Crippen molar-refractivity contribution in [3.63, 3.8) is 0 Å². The molecule has 3 rings (SSSR count). The van der Waals surface area contributed by atoms with Gasteiger partial charge < -0.3 is 11.1 Å². The van der Waals surface area contributed by atoms with E-state index in [0.717, 1.165) is 22.5 Å². The quantitative estimate of drug-likeness (QED) is 0.598. The number of nitrogens with zero attached hydrogens (tertiary/aromatic N) is 4. The number of nitrogens with two attached hydrogens (primary N) is 1. The van der Waals surface area contributed by atoms with E-state index in [9.17, 15) is 8.42 Å². The summed E-state index contributed by atoms with van der Waals surface area (Å²) in [5.74, 6) is -0.0186. The maximum atomic E-state index is 11.5. The van der Waals surface area contributed by atoms with Crippen molar-refractivity contribution in [2.45, 2.75) is 6.92 Å². The van der Waals surface area contributed by atoms with Crippen LogP contribution in [0.3, 0.4) is 0 Å². The van der Waals surface area contributed by atoms with Gasteiger partial charge in [0.15, 0.2) is 0 Å². The lowest BCUT2D eigenvalue weighted by atomic mass is 10.1. The zero-order valence-electron chi connectivity index (χ0n) is 14.3. The number of aryl methyl sites for hydroxylation is 2. The highest BCUT2D eigenvalue weighted by Crippen LogP contribution is 2.24. The first-order chi connectivity index (χ1) is 12.4. The van der Waals surface area contributed by atoms with Gasteiger partial charge in [-0.15, -0.1) is 0 Å². The summed E-state index contributed by atoms with van der Waals surface area (Å²) in [5, 5.41) is 7.19. The molecule has 9 nitrogen and oxygen atoms in total. The van der Waals surface area contributed by atoms with Crippen molar-refractivity contribution in [2.75, 3.05) is 15.9 Å². The van der Waals surface area contributed by atoms with Gasteiger partial charge in [-0.1, -0.05) is 12.1 Å². The van der Waals surface area contributed by atoms with E-state index in [-0.39, 0.29) is 0 Å². The molecule has 0 aliphatic carbocycles. The van der Waals surface area contributed by atoms with E-state index in [2.05, 4.69) is 25.1 Å². The Balaban J connectivity index is 1.85. The molecule has 4 N–H and O–H groups in total. The average molecular weight is 373 g/mol. The van der Waals surface area contributed by atoms with Gasteiger partial charge in [-0.25, -0.2) is 18.4 Å². The number of hydrogen-bond acceptors (Lipinski definition) is 7. The van der Waals surface area contributed by atoms with Crippen LogP contribution < -0.4 is 15.8 Å². The van der Waals surface area contributed by atoms with Crippen molar-refractivity contribution < 1.29 is 8.42 Å². The Kier molecular flexibility index (Phi) is 4.87. The number of aromatic nitrogens is 4. The molecule has 136 valence electrons. The molecule has 0 aliphatic rings. The van der Waals surface area contributed by atoms with Crippen LogP contribution in [0, 0.1) is 6.92 Å². The summed E-state index contributed by atoms with van der Waals surface area (Å²) >= 11 is 0. The Morgan fingerprint density at radius 2 is 1.88 bits per heavy atom. The molecule has 0 unspecified atom stereocenters. The molecule has 0 saturated heterocycles. The molecule has 1 aromatic carbocycles. The fraction of sp³-hybridized carbons (Fsp3) is 0.188. The molecule has 0 radical (unpaired) electrons. The third-order valence-corrected chi connectivity index (χ3v) is 4.57. The molecule has 3 aromatic rings. The number of benzene rings is 1. The summed E-state index contributed by atoms with van der Waals surface area (Å²) in [6, 6.07) is 6.91. The smallest absolute Gasteiger partial charge is 0.245 e. The highest BCUT2D eigenvalue weighted by atomic mass is 32.2. The number of hydrogen-bond donors (Lipinski definition) is 3. The van der Waals surface area contributed by atoms with Gasteiger partial charge in [0, 0.05) is 30.7 Å². The molecule has 2 aromatic heterocycles. The summed E-state index contributed by atoms with van der Waals surface area (Å²) in [7, 11) is -1.69. The predicted octanol–water partition coefficient (Wildman–Crippen LogP) is 1.59. The molecule has 26 heavy (non-hydrogen) atoms. The lowest BCUT2D eigenvalue weighted by molar-refractivity contribution is 0.601. The van der Waals surface area contributed by atoms with E-state index in [4.69, 9.17) is 5.73 Å². The van der Waals surface area contributed by atoms with Gasteiger partial charge in [-0.2, -0.15) is 5.10 Å². The Labute approximate surface area is 151 Å². The first-order valence-electron chi connectivity index (χ1n) is 7.76. The highest BCUT2D eigenvalue weighted by molar-refractivity contribution is 7.92. The molecular weight excluding hydrogens is 354 g/mol. The summed E-state index contributed by atoms with van der Waals surface area (Å²) < 4.78 is 27.1. The second kappa shape index (κ2) is 7.10. The third-order valence-electron chi connectivity index (χ3n) is 3.58. The fourth-order valence-electron chi connectivity index (χ4n) is 2.33. The highest BCUT2D eigenvalue weighted by Gasteiger charge is 2.10. The number of nitrogens with one attached hydrogen (secondary N) is 2. The lowest BCUT2D eigenvalue weighted by Crippen LogP contribution is -2.22. The van der Waals surface area contributed by atoms with Crippen LogP contribution in [0.25, 0.3) is 11.3 Å². The molecule has 0 atom stereocenters. The molecule has 0 aliphatic heterocycles. The zero-order chi connectivity index (χ0) is 18.7. The largest absolute Gasteiger partial charge is 0.321 e. The predicted molar refractivity (Wildman–Crippen MR) is 100 cm³/mol. The van der Waals surface area contributed by atoms with Crippen LogP contribution in [-0.2, 0) is 17.1 Å². The second-order valence-electron chi connectivity index (χ2n) is 5.71. The standard InChI is InChI=1S/C16H19N7O2S/c1-11-7-18-16(20-14-8-19-23(2)9-14)21-15(11)12-3-5-13(6-4-12)22-26(24,25)10-17/h3-9,22H,10,17H2,1-2H3,(H,18,20,21). The molecule has 10 heteroatoms. The normalized spacial score (nSPS) is 11.3. The fourth-order valence-corrected chi connectivity index (χ4v) is 2.91. The first kappa shape index (κ1) is 17.8. The van der Waals surface area contributed by atoms with Crippen molar-refractivity contribution in [1.29, 1.82) is 0 Å². The maximum Gasteiger partial charge on any atom is 0.245 e. The van der Waals surface area contributed by atoms with Gasteiger partial charge in [-0.05, 0) is 24.6 Å². The number of rotatable bonds is 6. The van der Waals surface area contributed by atoms with E-state index >= 15 is 0 Å². The van der Waals surface area contributed by atoms with Crippen molar-refractivity contribution in [3.8, 4) is 11.3 Å². The van der Waals surface area contributed by atoms with E-state index in [1.807, 2.05) is 20.2 Å². The SMILES string of the molecule is Cc1cnc(Nc2cnn(C)c2)nc1-c1ccc(NS(=O)(=O)CN)cc1. The van der Waals surface area contributed by atoms with Gasteiger partial charge in [0.05, 0.1) is 17.6 Å². The van der Waals surface area contributed by atoms with Gasteiger partial charge in [0.2, 0.25) is 16.0 Å². The van der Waals surface area contributed by atoms with Crippen LogP contribution >= 0.6 is 0 Å². The van der Waals surface area contributed by atoms with E-state index in [1.54, 1.807) is 41.3 Å². The minimum Gasteiger partial charge on any atom is -0.321 e. The monoisotopic (exact) mass is 373 g/mol. The number of sulfonamides is 1. The molecule has 2 heterocycles. The van der Waals surface area contributed by atoms with Gasteiger partial charge >= 0.3 is 0 Å². The third kappa shape index (κ3) is 4.16. The van der Waals surface area contributed by atoms with Crippen LogP contribution in [0.5, 0.6) is 0 Å². The lowest BCUT2D eigenvalue weighted by Gasteiger charge is -2.10. The van der Waals surface area contributed by atoms with Gasteiger partial charge in [0.1, 0.15) is 5.88 Å². The van der Waals surface area contributed by atoms with E-state index in [1.165, 1.54) is 0 Å². The molecule has 0 amide bonds. The summed E-state index contributed by atoms with van der Waals surface area (Å²) in [4.78, 5) is 8.83. The number of anilines is 3. The Hall–Kier alpha value is -2.98. The topological polar surface area (TPSA) is 128 Å². The molecule has 0 saturated carbocycles. The van der Waals surface area contributed by atoms with Crippen molar-refractivity contribution in [3.05, 3.63) is 48.4 Å². The summed E-state index contributed by atoms with van der Waals surface area (Å²) in [6.45, 7) is 1.91. The van der Waals surface area contributed by atoms with Crippen LogP contribution in [0.2, 0.25) is 0 Å². The van der Waals surface area contributed by atoms with Crippen LogP contribution in [0.1, 0.15) is 5.56 Å². The maximum absolute atomic E-state index is 11.5.